The third-order valence-corrected chi connectivity index (χ3v) is 3.80. The maximum atomic E-state index is 12.1. The van der Waals surface area contributed by atoms with E-state index in [0.717, 1.165) is 12.0 Å². The number of hydrogen-bond donors (Lipinski definition) is 2. The number of ether oxygens (including phenoxy) is 1. The zero-order chi connectivity index (χ0) is 16.2. The molecule has 0 spiro atoms. The second-order valence-corrected chi connectivity index (χ2v) is 6.37. The van der Waals surface area contributed by atoms with Crippen LogP contribution < -0.4 is 15.8 Å². The number of benzene rings is 1. The van der Waals surface area contributed by atoms with Crippen molar-refractivity contribution in [3.63, 3.8) is 0 Å². The van der Waals surface area contributed by atoms with Crippen LogP contribution in [0.1, 0.15) is 52.6 Å². The fourth-order valence-electron chi connectivity index (χ4n) is 1.66. The molecule has 1 rings (SSSR count). The molecule has 0 aromatic heterocycles. The summed E-state index contributed by atoms with van der Waals surface area (Å²) in [4.78, 5) is 12.1. The molecular formula is C16H25ClN2O2. The first kappa shape index (κ1) is 17.8. The van der Waals surface area contributed by atoms with Crippen molar-refractivity contribution in [2.24, 2.45) is 5.73 Å². The summed E-state index contributed by atoms with van der Waals surface area (Å²) in [7, 11) is 0. The molecule has 4 nitrogen and oxygen atoms in total. The SMILES string of the molecule is CCC(C)(C)NC(=O)C(C)Oc1ccc([C@@H](C)N)cc1Cl. The van der Waals surface area contributed by atoms with Crippen LogP contribution in [0.25, 0.3) is 0 Å². The van der Waals surface area contributed by atoms with Crippen molar-refractivity contribution in [3.05, 3.63) is 28.8 Å². The van der Waals surface area contributed by atoms with E-state index < -0.39 is 6.10 Å². The molecule has 5 heteroatoms. The average molecular weight is 313 g/mol. The molecule has 3 N–H and O–H groups in total. The Hall–Kier alpha value is -1.26. The van der Waals surface area contributed by atoms with Crippen molar-refractivity contribution in [2.75, 3.05) is 0 Å². The highest BCUT2D eigenvalue weighted by Crippen LogP contribution is 2.28. The predicted molar refractivity (Wildman–Crippen MR) is 86.7 cm³/mol. The van der Waals surface area contributed by atoms with Crippen molar-refractivity contribution in [2.45, 2.75) is 58.7 Å². The summed E-state index contributed by atoms with van der Waals surface area (Å²) in [6.45, 7) is 9.56. The summed E-state index contributed by atoms with van der Waals surface area (Å²) in [6, 6.07) is 5.27. The number of nitrogens with one attached hydrogen (secondary N) is 1. The third-order valence-electron chi connectivity index (χ3n) is 3.50. The highest BCUT2D eigenvalue weighted by molar-refractivity contribution is 6.32. The minimum atomic E-state index is -0.616. The molecule has 118 valence electrons. The van der Waals surface area contributed by atoms with Crippen LogP contribution in [0.5, 0.6) is 5.75 Å². The lowest BCUT2D eigenvalue weighted by Gasteiger charge is -2.26. The quantitative estimate of drug-likeness (QED) is 0.845. The van der Waals surface area contributed by atoms with Gasteiger partial charge in [-0.3, -0.25) is 4.79 Å². The number of amides is 1. The van der Waals surface area contributed by atoms with Crippen LogP contribution in [0, 0.1) is 0 Å². The molecule has 0 fully saturated rings. The number of halogens is 1. The van der Waals surface area contributed by atoms with Gasteiger partial charge in [-0.2, -0.15) is 0 Å². The van der Waals surface area contributed by atoms with Gasteiger partial charge < -0.3 is 15.8 Å². The van der Waals surface area contributed by atoms with E-state index in [0.29, 0.717) is 10.8 Å². The Balaban J connectivity index is 2.75. The lowest BCUT2D eigenvalue weighted by Crippen LogP contribution is -2.48. The molecule has 0 bridgehead atoms. The van der Waals surface area contributed by atoms with Crippen molar-refractivity contribution >= 4 is 17.5 Å². The Morgan fingerprint density at radius 2 is 2.05 bits per heavy atom. The van der Waals surface area contributed by atoms with Gasteiger partial charge in [0.15, 0.2) is 6.10 Å². The van der Waals surface area contributed by atoms with Crippen molar-refractivity contribution in [1.82, 2.24) is 5.32 Å². The Kier molecular flexibility index (Phi) is 6.05. The van der Waals surface area contributed by atoms with Gasteiger partial charge in [-0.1, -0.05) is 24.6 Å². The molecule has 2 atom stereocenters. The molecule has 0 saturated heterocycles. The van der Waals surface area contributed by atoms with Crippen molar-refractivity contribution < 1.29 is 9.53 Å². The molecule has 1 aromatic carbocycles. The first-order valence-corrected chi connectivity index (χ1v) is 7.57. The summed E-state index contributed by atoms with van der Waals surface area (Å²) in [5.74, 6) is 0.326. The summed E-state index contributed by atoms with van der Waals surface area (Å²) < 4.78 is 5.65. The minimum absolute atomic E-state index is 0.0948. The molecular weight excluding hydrogens is 288 g/mol. The Morgan fingerprint density at radius 1 is 1.43 bits per heavy atom. The highest BCUT2D eigenvalue weighted by Gasteiger charge is 2.23. The third kappa shape index (κ3) is 5.21. The van der Waals surface area contributed by atoms with Crippen LogP contribution in [0.15, 0.2) is 18.2 Å². The van der Waals surface area contributed by atoms with Gasteiger partial charge in [-0.25, -0.2) is 0 Å². The van der Waals surface area contributed by atoms with Crippen LogP contribution in [0.4, 0.5) is 0 Å². The highest BCUT2D eigenvalue weighted by atomic mass is 35.5. The summed E-state index contributed by atoms with van der Waals surface area (Å²) >= 11 is 6.17. The van der Waals surface area contributed by atoms with E-state index in [1.807, 2.05) is 33.8 Å². The van der Waals surface area contributed by atoms with Gasteiger partial charge in [0.1, 0.15) is 5.75 Å². The monoisotopic (exact) mass is 312 g/mol. The number of carbonyl (C=O) groups is 1. The molecule has 0 aliphatic rings. The molecule has 0 aliphatic carbocycles. The molecule has 1 amide bonds. The molecule has 1 unspecified atom stereocenters. The number of hydrogen-bond acceptors (Lipinski definition) is 3. The molecule has 0 aliphatic heterocycles. The Morgan fingerprint density at radius 3 is 2.52 bits per heavy atom. The Bertz CT molecular complexity index is 501. The molecule has 0 heterocycles. The zero-order valence-electron chi connectivity index (χ0n) is 13.4. The summed E-state index contributed by atoms with van der Waals surface area (Å²) in [5.41, 5.74) is 6.48. The summed E-state index contributed by atoms with van der Waals surface area (Å²) in [6.07, 6.45) is 0.226. The van der Waals surface area contributed by atoms with Crippen molar-refractivity contribution in [1.29, 1.82) is 0 Å². The number of rotatable bonds is 6. The minimum Gasteiger partial charge on any atom is -0.479 e. The van der Waals surface area contributed by atoms with E-state index in [1.165, 1.54) is 0 Å². The van der Waals surface area contributed by atoms with Gasteiger partial charge in [-0.15, -0.1) is 0 Å². The molecule has 0 radical (unpaired) electrons. The lowest BCUT2D eigenvalue weighted by molar-refractivity contribution is -0.128. The second kappa shape index (κ2) is 7.14. The normalized spacial score (nSPS) is 14.4. The van der Waals surface area contributed by atoms with Gasteiger partial charge in [0.25, 0.3) is 5.91 Å². The largest absolute Gasteiger partial charge is 0.479 e. The van der Waals surface area contributed by atoms with Crippen LogP contribution in [-0.4, -0.2) is 17.6 Å². The first-order chi connectivity index (χ1) is 9.66. The smallest absolute Gasteiger partial charge is 0.261 e. The second-order valence-electron chi connectivity index (χ2n) is 5.97. The van der Waals surface area contributed by atoms with E-state index >= 15 is 0 Å². The van der Waals surface area contributed by atoms with Gasteiger partial charge in [0.05, 0.1) is 5.02 Å². The maximum Gasteiger partial charge on any atom is 0.261 e. The zero-order valence-corrected chi connectivity index (χ0v) is 14.1. The van der Waals surface area contributed by atoms with E-state index in [-0.39, 0.29) is 17.5 Å². The van der Waals surface area contributed by atoms with Gasteiger partial charge >= 0.3 is 0 Å². The average Bonchev–Trinajstić information content (AvgIpc) is 2.40. The molecule has 0 saturated carbocycles. The van der Waals surface area contributed by atoms with E-state index in [9.17, 15) is 4.79 Å². The predicted octanol–water partition coefficient (Wildman–Crippen LogP) is 3.43. The topological polar surface area (TPSA) is 64.3 Å². The van der Waals surface area contributed by atoms with Crippen LogP contribution in [0.2, 0.25) is 5.02 Å². The van der Waals surface area contributed by atoms with Gasteiger partial charge in [0, 0.05) is 11.6 Å². The summed E-state index contributed by atoms with van der Waals surface area (Å²) in [5, 5.41) is 3.41. The Labute approximate surface area is 132 Å². The fraction of sp³-hybridized carbons (Fsp3) is 0.562. The first-order valence-electron chi connectivity index (χ1n) is 7.20. The van der Waals surface area contributed by atoms with Crippen LogP contribution in [0.3, 0.4) is 0 Å². The standard InChI is InChI=1S/C16H25ClN2O2/c1-6-16(4,5)19-15(20)11(3)21-14-8-7-12(10(2)18)9-13(14)17/h7-11H,6,18H2,1-5H3,(H,19,20)/t10-,11?/m1/s1. The fourth-order valence-corrected chi connectivity index (χ4v) is 1.90. The van der Waals surface area contributed by atoms with Gasteiger partial charge in [-0.05, 0) is 51.8 Å². The lowest BCUT2D eigenvalue weighted by atomic mass is 10.0. The van der Waals surface area contributed by atoms with Crippen molar-refractivity contribution in [3.8, 4) is 5.75 Å². The van der Waals surface area contributed by atoms with Crippen LogP contribution in [-0.2, 0) is 4.79 Å². The van der Waals surface area contributed by atoms with Gasteiger partial charge in [0.2, 0.25) is 0 Å². The maximum absolute atomic E-state index is 12.1. The van der Waals surface area contributed by atoms with E-state index in [4.69, 9.17) is 22.1 Å². The number of carbonyl (C=O) groups excluding carboxylic acids is 1. The number of nitrogens with two attached hydrogens (primary N) is 1. The molecule has 1 aromatic rings. The molecule has 21 heavy (non-hydrogen) atoms. The van der Waals surface area contributed by atoms with Crippen LogP contribution >= 0.6 is 11.6 Å². The van der Waals surface area contributed by atoms with E-state index in [2.05, 4.69) is 5.32 Å². The van der Waals surface area contributed by atoms with E-state index in [1.54, 1.807) is 19.1 Å².